The zero-order valence-electron chi connectivity index (χ0n) is 11.6. The van der Waals surface area contributed by atoms with Crippen LogP contribution in [0.3, 0.4) is 0 Å². The lowest BCUT2D eigenvalue weighted by atomic mass is 10.1. The lowest BCUT2D eigenvalue weighted by molar-refractivity contribution is 0.134. The molecule has 0 spiro atoms. The van der Waals surface area contributed by atoms with Crippen molar-refractivity contribution in [2.24, 2.45) is 0 Å². The molecule has 0 aliphatic rings. The molecule has 104 valence electrons. The predicted molar refractivity (Wildman–Crippen MR) is 77.9 cm³/mol. The van der Waals surface area contributed by atoms with Gasteiger partial charge in [-0.3, -0.25) is 0 Å². The number of benzene rings is 1. The first-order valence-electron chi connectivity index (χ1n) is 6.84. The summed E-state index contributed by atoms with van der Waals surface area (Å²) in [6, 6.07) is 9.85. The molecule has 0 saturated heterocycles. The number of ether oxygens (including phenoxy) is 1. The van der Waals surface area contributed by atoms with Gasteiger partial charge in [0.05, 0.1) is 0 Å². The number of rotatable bonds is 8. The molecule has 0 aliphatic heterocycles. The second kappa shape index (κ2) is 9.20. The Morgan fingerprint density at radius 1 is 1.37 bits per heavy atom. The number of carbonyl (C=O) groups is 1. The molecule has 1 amide bonds. The Morgan fingerprint density at radius 3 is 2.74 bits per heavy atom. The minimum absolute atomic E-state index is 0.172. The van der Waals surface area contributed by atoms with Crippen LogP contribution in [0.15, 0.2) is 43.0 Å². The maximum absolute atomic E-state index is 11.7. The highest BCUT2D eigenvalue weighted by Gasteiger charge is 2.11. The van der Waals surface area contributed by atoms with Gasteiger partial charge in [0.15, 0.2) is 0 Å². The fraction of sp³-hybridized carbons (Fsp3) is 0.438. The number of carbonyl (C=O) groups excluding carboxylic acids is 1. The molecule has 0 aromatic heterocycles. The van der Waals surface area contributed by atoms with Crippen LogP contribution in [0, 0.1) is 0 Å². The lowest BCUT2D eigenvalue weighted by Crippen LogP contribution is -2.35. The van der Waals surface area contributed by atoms with Gasteiger partial charge in [-0.05, 0) is 24.8 Å². The molecule has 0 radical (unpaired) electrons. The summed E-state index contributed by atoms with van der Waals surface area (Å²) in [4.78, 5) is 11.7. The lowest BCUT2D eigenvalue weighted by Gasteiger charge is -2.17. The Labute approximate surface area is 115 Å². The summed E-state index contributed by atoms with van der Waals surface area (Å²) in [6.07, 6.45) is 5.36. The van der Waals surface area contributed by atoms with Crippen molar-refractivity contribution in [1.82, 2.24) is 5.32 Å². The molecule has 1 atom stereocenters. The van der Waals surface area contributed by atoms with Crippen molar-refractivity contribution in [3.8, 4) is 0 Å². The van der Waals surface area contributed by atoms with Crippen LogP contribution in [0.5, 0.6) is 0 Å². The zero-order chi connectivity index (χ0) is 13.9. The quantitative estimate of drug-likeness (QED) is 0.717. The van der Waals surface area contributed by atoms with Gasteiger partial charge in [0.2, 0.25) is 0 Å². The number of amides is 1. The maximum atomic E-state index is 11.7. The van der Waals surface area contributed by atoms with Gasteiger partial charge in [-0.2, -0.15) is 0 Å². The van der Waals surface area contributed by atoms with E-state index >= 15 is 0 Å². The fourth-order valence-corrected chi connectivity index (χ4v) is 1.89. The predicted octanol–water partition coefficient (Wildman–Crippen LogP) is 4.05. The van der Waals surface area contributed by atoms with Gasteiger partial charge in [0.25, 0.3) is 0 Å². The fourth-order valence-electron chi connectivity index (χ4n) is 1.89. The topological polar surface area (TPSA) is 38.3 Å². The third-order valence-electron chi connectivity index (χ3n) is 2.89. The molecular weight excluding hydrogens is 238 g/mol. The standard InChI is InChI=1S/C16H23NO2/c1-3-5-12-15(9-4-2)17-16(18)19-13-14-10-7-6-8-11-14/h3,6-8,10-11,15H,1,4-5,9,12-13H2,2H3,(H,17,18). The third kappa shape index (κ3) is 6.65. The first-order valence-corrected chi connectivity index (χ1v) is 6.84. The highest BCUT2D eigenvalue weighted by atomic mass is 16.5. The number of allylic oxidation sites excluding steroid dienone is 1. The molecule has 1 N–H and O–H groups in total. The summed E-state index contributed by atoms with van der Waals surface area (Å²) >= 11 is 0. The Kier molecular flexibility index (Phi) is 7.40. The van der Waals surface area contributed by atoms with Gasteiger partial charge in [-0.25, -0.2) is 4.79 Å². The van der Waals surface area contributed by atoms with Gasteiger partial charge in [-0.1, -0.05) is 49.8 Å². The van der Waals surface area contributed by atoms with Crippen LogP contribution in [0.25, 0.3) is 0 Å². The Bertz CT molecular complexity index is 376. The first-order chi connectivity index (χ1) is 9.26. The van der Waals surface area contributed by atoms with Crippen molar-refractivity contribution < 1.29 is 9.53 Å². The summed E-state index contributed by atoms with van der Waals surface area (Å²) < 4.78 is 5.21. The summed E-state index contributed by atoms with van der Waals surface area (Å²) in [5.41, 5.74) is 0.996. The monoisotopic (exact) mass is 261 g/mol. The van der Waals surface area contributed by atoms with Gasteiger partial charge >= 0.3 is 6.09 Å². The number of hydrogen-bond acceptors (Lipinski definition) is 2. The molecule has 1 aromatic rings. The van der Waals surface area contributed by atoms with E-state index in [1.807, 2.05) is 36.4 Å². The minimum atomic E-state index is -0.341. The minimum Gasteiger partial charge on any atom is -0.445 e. The van der Waals surface area contributed by atoms with Crippen molar-refractivity contribution in [3.63, 3.8) is 0 Å². The largest absolute Gasteiger partial charge is 0.445 e. The van der Waals surface area contributed by atoms with Crippen molar-refractivity contribution in [3.05, 3.63) is 48.6 Å². The van der Waals surface area contributed by atoms with Gasteiger partial charge in [0.1, 0.15) is 6.61 Å². The SMILES string of the molecule is C=CCCC(CCC)NC(=O)OCc1ccccc1. The zero-order valence-corrected chi connectivity index (χ0v) is 11.6. The Morgan fingerprint density at radius 2 is 2.11 bits per heavy atom. The van der Waals surface area contributed by atoms with Gasteiger partial charge in [0, 0.05) is 6.04 Å². The van der Waals surface area contributed by atoms with Crippen LogP contribution in [0.2, 0.25) is 0 Å². The van der Waals surface area contributed by atoms with Gasteiger partial charge < -0.3 is 10.1 Å². The van der Waals surface area contributed by atoms with Crippen LogP contribution >= 0.6 is 0 Å². The van der Waals surface area contributed by atoms with Crippen molar-refractivity contribution in [1.29, 1.82) is 0 Å². The molecular formula is C16H23NO2. The third-order valence-corrected chi connectivity index (χ3v) is 2.89. The Balaban J connectivity index is 2.33. The molecule has 3 nitrogen and oxygen atoms in total. The molecule has 0 heterocycles. The average molecular weight is 261 g/mol. The maximum Gasteiger partial charge on any atom is 0.407 e. The average Bonchev–Trinajstić information content (AvgIpc) is 2.44. The van der Waals surface area contributed by atoms with E-state index < -0.39 is 0 Å². The van der Waals surface area contributed by atoms with E-state index in [9.17, 15) is 4.79 Å². The van der Waals surface area contributed by atoms with Crippen LogP contribution in [0.4, 0.5) is 4.79 Å². The molecule has 0 saturated carbocycles. The number of alkyl carbamates (subject to hydrolysis) is 1. The van der Waals surface area contributed by atoms with Crippen LogP contribution in [0.1, 0.15) is 38.2 Å². The smallest absolute Gasteiger partial charge is 0.407 e. The highest BCUT2D eigenvalue weighted by molar-refractivity contribution is 5.67. The normalized spacial score (nSPS) is 11.6. The van der Waals surface area contributed by atoms with Crippen molar-refractivity contribution >= 4 is 6.09 Å². The van der Waals surface area contributed by atoms with Crippen LogP contribution in [-0.4, -0.2) is 12.1 Å². The van der Waals surface area contributed by atoms with E-state index in [1.54, 1.807) is 0 Å². The molecule has 1 unspecified atom stereocenters. The van der Waals surface area contributed by atoms with E-state index in [0.29, 0.717) is 6.61 Å². The van der Waals surface area contributed by atoms with Crippen molar-refractivity contribution in [2.45, 2.75) is 45.3 Å². The molecule has 19 heavy (non-hydrogen) atoms. The van der Waals surface area contributed by atoms with Crippen LogP contribution < -0.4 is 5.32 Å². The molecule has 1 rings (SSSR count). The molecule has 3 heteroatoms. The molecule has 1 aromatic carbocycles. The number of nitrogens with one attached hydrogen (secondary N) is 1. The van der Waals surface area contributed by atoms with E-state index in [4.69, 9.17) is 4.74 Å². The van der Waals surface area contributed by atoms with E-state index in [1.165, 1.54) is 0 Å². The summed E-state index contributed by atoms with van der Waals surface area (Å²) in [5.74, 6) is 0. The summed E-state index contributed by atoms with van der Waals surface area (Å²) in [5, 5.41) is 2.91. The molecule has 0 fully saturated rings. The van der Waals surface area contributed by atoms with Crippen LogP contribution in [-0.2, 0) is 11.3 Å². The highest BCUT2D eigenvalue weighted by Crippen LogP contribution is 2.06. The van der Waals surface area contributed by atoms with E-state index in [2.05, 4.69) is 18.8 Å². The summed E-state index contributed by atoms with van der Waals surface area (Å²) in [6.45, 7) is 6.13. The molecule has 0 aliphatic carbocycles. The first kappa shape index (κ1) is 15.3. The Hall–Kier alpha value is -1.77. The summed E-state index contributed by atoms with van der Waals surface area (Å²) in [7, 11) is 0. The second-order valence-electron chi connectivity index (χ2n) is 4.56. The molecule has 0 bridgehead atoms. The van der Waals surface area contributed by atoms with Gasteiger partial charge in [-0.15, -0.1) is 6.58 Å². The second-order valence-corrected chi connectivity index (χ2v) is 4.56. The van der Waals surface area contributed by atoms with E-state index in [0.717, 1.165) is 31.2 Å². The van der Waals surface area contributed by atoms with E-state index in [-0.39, 0.29) is 12.1 Å². The van der Waals surface area contributed by atoms with Crippen molar-refractivity contribution in [2.75, 3.05) is 0 Å². The number of hydrogen-bond donors (Lipinski definition) is 1.